The number of hydrogen-bond acceptors (Lipinski definition) is 3. The van der Waals surface area contributed by atoms with Gasteiger partial charge in [-0.2, -0.15) is 0 Å². The van der Waals surface area contributed by atoms with Crippen LogP contribution in [-0.2, 0) is 4.79 Å². The van der Waals surface area contributed by atoms with Crippen LogP contribution >= 0.6 is 0 Å². The number of benzene rings is 1. The van der Waals surface area contributed by atoms with Crippen molar-refractivity contribution in [2.24, 2.45) is 0 Å². The van der Waals surface area contributed by atoms with Gasteiger partial charge in [-0.3, -0.25) is 4.79 Å². The van der Waals surface area contributed by atoms with Gasteiger partial charge >= 0.3 is 0 Å². The van der Waals surface area contributed by atoms with E-state index in [1.54, 1.807) is 0 Å². The smallest absolute Gasteiger partial charge is 0.216 e. The normalized spacial score (nSPS) is 12.2. The van der Waals surface area contributed by atoms with Gasteiger partial charge in [-0.25, -0.2) is 8.78 Å². The van der Waals surface area contributed by atoms with Crippen LogP contribution in [0.5, 0.6) is 0 Å². The molecule has 1 amide bonds. The second-order valence-electron chi connectivity index (χ2n) is 3.88. The average molecular weight is 258 g/mol. The maximum Gasteiger partial charge on any atom is 0.216 e. The predicted molar refractivity (Wildman–Crippen MR) is 62.9 cm³/mol. The van der Waals surface area contributed by atoms with Crippen LogP contribution in [-0.4, -0.2) is 30.6 Å². The number of carbonyl (C=O) groups excluding carboxylic acids is 1. The number of aliphatic hydroxyl groups is 1. The van der Waals surface area contributed by atoms with E-state index >= 15 is 0 Å². The Hall–Kier alpha value is -1.53. The molecule has 0 aromatic heterocycles. The van der Waals surface area contributed by atoms with Gasteiger partial charge in [0.1, 0.15) is 0 Å². The van der Waals surface area contributed by atoms with Gasteiger partial charge in [0.05, 0.1) is 6.10 Å². The lowest BCUT2D eigenvalue weighted by atomic mass is 10.1. The molecule has 3 N–H and O–H groups in total. The monoisotopic (exact) mass is 258 g/mol. The van der Waals surface area contributed by atoms with Gasteiger partial charge in [0.25, 0.3) is 0 Å². The summed E-state index contributed by atoms with van der Waals surface area (Å²) in [7, 11) is 0. The van der Waals surface area contributed by atoms with Gasteiger partial charge in [0.2, 0.25) is 5.91 Å². The largest absolute Gasteiger partial charge is 0.387 e. The number of halogens is 2. The Morgan fingerprint density at radius 3 is 2.67 bits per heavy atom. The maximum atomic E-state index is 12.9. The molecular formula is C12H16F2N2O2. The summed E-state index contributed by atoms with van der Waals surface area (Å²) in [5.74, 6) is -2.05. The molecule has 100 valence electrons. The fourth-order valence-corrected chi connectivity index (χ4v) is 1.40. The number of hydrogen-bond donors (Lipinski definition) is 3. The summed E-state index contributed by atoms with van der Waals surface area (Å²) in [4.78, 5) is 10.6. The molecule has 0 aliphatic heterocycles. The minimum absolute atomic E-state index is 0.127. The molecule has 0 fully saturated rings. The van der Waals surface area contributed by atoms with Crippen LogP contribution in [0.2, 0.25) is 0 Å². The third-order valence-corrected chi connectivity index (χ3v) is 2.34. The summed E-state index contributed by atoms with van der Waals surface area (Å²) < 4.78 is 25.6. The van der Waals surface area contributed by atoms with Crippen LogP contribution in [0.25, 0.3) is 0 Å². The van der Waals surface area contributed by atoms with E-state index in [1.807, 2.05) is 0 Å². The van der Waals surface area contributed by atoms with Crippen LogP contribution < -0.4 is 10.6 Å². The molecule has 0 aliphatic rings. The van der Waals surface area contributed by atoms with E-state index in [1.165, 1.54) is 13.0 Å². The Morgan fingerprint density at radius 1 is 1.33 bits per heavy atom. The number of nitrogens with one attached hydrogen (secondary N) is 2. The molecule has 6 heteroatoms. The highest BCUT2D eigenvalue weighted by Gasteiger charge is 2.10. The molecule has 1 unspecified atom stereocenters. The summed E-state index contributed by atoms with van der Waals surface area (Å²) in [6.45, 7) is 2.54. The lowest BCUT2D eigenvalue weighted by Crippen LogP contribution is -2.32. The first-order valence-electron chi connectivity index (χ1n) is 5.59. The predicted octanol–water partition coefficient (Wildman–Crippen LogP) is 0.724. The highest BCUT2D eigenvalue weighted by molar-refractivity contribution is 5.72. The molecule has 0 spiro atoms. The Morgan fingerprint density at radius 2 is 2.06 bits per heavy atom. The van der Waals surface area contributed by atoms with Crippen molar-refractivity contribution in [1.29, 1.82) is 0 Å². The molecule has 0 heterocycles. The molecule has 4 nitrogen and oxygen atoms in total. The van der Waals surface area contributed by atoms with Crippen LogP contribution in [0, 0.1) is 11.6 Å². The fraction of sp³-hybridized carbons (Fsp3) is 0.417. The average Bonchev–Trinajstić information content (AvgIpc) is 2.31. The van der Waals surface area contributed by atoms with Gasteiger partial charge in [-0.1, -0.05) is 6.07 Å². The first kappa shape index (κ1) is 14.5. The molecule has 1 aromatic rings. The first-order chi connectivity index (χ1) is 8.50. The van der Waals surface area contributed by atoms with Gasteiger partial charge < -0.3 is 15.7 Å². The SMILES string of the molecule is CC(=O)NCCNCC(O)c1ccc(F)c(F)c1. The molecule has 1 atom stereocenters. The zero-order valence-corrected chi connectivity index (χ0v) is 10.0. The minimum Gasteiger partial charge on any atom is -0.387 e. The third kappa shape index (κ3) is 4.77. The van der Waals surface area contributed by atoms with Gasteiger partial charge in [0, 0.05) is 26.6 Å². The van der Waals surface area contributed by atoms with Gasteiger partial charge in [-0.15, -0.1) is 0 Å². The van der Waals surface area contributed by atoms with Crippen molar-refractivity contribution >= 4 is 5.91 Å². The number of amides is 1. The van der Waals surface area contributed by atoms with Gasteiger partial charge in [0.15, 0.2) is 11.6 Å². The van der Waals surface area contributed by atoms with E-state index in [0.717, 1.165) is 12.1 Å². The molecule has 0 radical (unpaired) electrons. The Balaban J connectivity index is 2.34. The van der Waals surface area contributed by atoms with Crippen molar-refractivity contribution < 1.29 is 18.7 Å². The second-order valence-corrected chi connectivity index (χ2v) is 3.88. The Labute approximate surface area is 104 Å². The fourth-order valence-electron chi connectivity index (χ4n) is 1.40. The lowest BCUT2D eigenvalue weighted by Gasteiger charge is -2.12. The quantitative estimate of drug-likeness (QED) is 0.659. The highest BCUT2D eigenvalue weighted by Crippen LogP contribution is 2.15. The molecule has 0 saturated carbocycles. The first-order valence-corrected chi connectivity index (χ1v) is 5.59. The van der Waals surface area contributed by atoms with Crippen LogP contribution in [0.1, 0.15) is 18.6 Å². The molecule has 0 bridgehead atoms. The van der Waals surface area contributed by atoms with Crippen molar-refractivity contribution in [2.45, 2.75) is 13.0 Å². The third-order valence-electron chi connectivity index (χ3n) is 2.34. The molecular weight excluding hydrogens is 242 g/mol. The molecule has 0 saturated heterocycles. The van der Waals surface area contributed by atoms with Crippen LogP contribution in [0.4, 0.5) is 8.78 Å². The van der Waals surface area contributed by atoms with Crippen LogP contribution in [0.3, 0.4) is 0 Å². The summed E-state index contributed by atoms with van der Waals surface area (Å²) in [5.41, 5.74) is 0.306. The van der Waals surface area contributed by atoms with E-state index in [9.17, 15) is 18.7 Å². The van der Waals surface area contributed by atoms with Crippen molar-refractivity contribution in [1.82, 2.24) is 10.6 Å². The van der Waals surface area contributed by atoms with E-state index in [2.05, 4.69) is 10.6 Å². The van der Waals surface area contributed by atoms with E-state index in [-0.39, 0.29) is 12.5 Å². The summed E-state index contributed by atoms with van der Waals surface area (Å²) in [6, 6.07) is 3.28. The zero-order valence-electron chi connectivity index (χ0n) is 10.0. The number of rotatable bonds is 6. The van der Waals surface area contributed by atoms with Crippen LogP contribution in [0.15, 0.2) is 18.2 Å². The van der Waals surface area contributed by atoms with E-state index in [0.29, 0.717) is 18.7 Å². The number of aliphatic hydroxyl groups excluding tert-OH is 1. The zero-order chi connectivity index (χ0) is 13.5. The summed E-state index contributed by atoms with van der Waals surface area (Å²) in [5, 5.41) is 15.2. The molecule has 0 aliphatic carbocycles. The minimum atomic E-state index is -0.982. The van der Waals surface area contributed by atoms with E-state index in [4.69, 9.17) is 0 Å². The Kier molecular flexibility index (Phi) is 5.67. The summed E-state index contributed by atoms with van der Waals surface area (Å²) >= 11 is 0. The standard InChI is InChI=1S/C12H16F2N2O2/c1-8(17)16-5-4-15-7-12(18)9-2-3-10(13)11(14)6-9/h2-3,6,12,15,18H,4-5,7H2,1H3,(H,16,17). The van der Waals surface area contributed by atoms with E-state index < -0.39 is 17.7 Å². The molecule has 1 rings (SSSR count). The van der Waals surface area contributed by atoms with Gasteiger partial charge in [-0.05, 0) is 17.7 Å². The number of carbonyl (C=O) groups is 1. The topological polar surface area (TPSA) is 61.4 Å². The van der Waals surface area contributed by atoms with Crippen molar-refractivity contribution in [3.8, 4) is 0 Å². The Bertz CT molecular complexity index is 413. The molecule has 1 aromatic carbocycles. The second kappa shape index (κ2) is 7.03. The molecule has 18 heavy (non-hydrogen) atoms. The lowest BCUT2D eigenvalue weighted by molar-refractivity contribution is -0.118. The highest BCUT2D eigenvalue weighted by atomic mass is 19.2. The van der Waals surface area contributed by atoms with Crippen molar-refractivity contribution in [3.63, 3.8) is 0 Å². The maximum absolute atomic E-state index is 12.9. The van der Waals surface area contributed by atoms with Crippen molar-refractivity contribution in [3.05, 3.63) is 35.4 Å². The van der Waals surface area contributed by atoms with Crippen molar-refractivity contribution in [2.75, 3.05) is 19.6 Å². The summed E-state index contributed by atoms with van der Waals surface area (Å²) in [6.07, 6.45) is -0.919.